The molecule has 2 saturated heterocycles. The van der Waals surface area contributed by atoms with Crippen molar-refractivity contribution >= 4 is 56.1 Å². The SMILES string of the molecule is COc1ccc(N2C(=NC(=O)[C@H](Cc3ccccc3)NC(=O)OC(C)(C)C)S[C@H]3CS(=O)(=O)C[C@H]32)cc1Cl. The molecule has 9 nitrogen and oxygen atoms in total. The number of halogens is 1. The minimum Gasteiger partial charge on any atom is -0.495 e. The summed E-state index contributed by atoms with van der Waals surface area (Å²) in [6.45, 7) is 5.21. The fourth-order valence-corrected chi connectivity index (χ4v) is 8.51. The number of nitrogens with zero attached hydrogens (tertiary/aromatic N) is 2. The number of hydrogen-bond donors (Lipinski definition) is 1. The van der Waals surface area contributed by atoms with Crippen LogP contribution in [0.3, 0.4) is 0 Å². The minimum atomic E-state index is -3.25. The molecule has 3 atom stereocenters. The van der Waals surface area contributed by atoms with Crippen molar-refractivity contribution in [1.29, 1.82) is 0 Å². The van der Waals surface area contributed by atoms with Gasteiger partial charge in [0.1, 0.15) is 17.4 Å². The molecule has 0 bridgehead atoms. The molecule has 4 rings (SSSR count). The first kappa shape index (κ1) is 28.3. The third-order valence-electron chi connectivity index (χ3n) is 5.96. The number of hydrogen-bond acceptors (Lipinski definition) is 7. The maximum absolute atomic E-state index is 13.5. The highest BCUT2D eigenvalue weighted by Crippen LogP contribution is 2.42. The van der Waals surface area contributed by atoms with E-state index in [1.54, 1.807) is 43.9 Å². The normalized spacial score (nSPS) is 22.1. The van der Waals surface area contributed by atoms with E-state index in [-0.39, 0.29) is 23.2 Å². The van der Waals surface area contributed by atoms with Crippen LogP contribution in [0.25, 0.3) is 0 Å². The fraction of sp³-hybridized carbons (Fsp3) is 0.423. The smallest absolute Gasteiger partial charge is 0.408 e. The molecule has 0 aliphatic carbocycles. The summed E-state index contributed by atoms with van der Waals surface area (Å²) in [5.41, 5.74) is 0.687. The van der Waals surface area contributed by atoms with Crippen LogP contribution < -0.4 is 15.0 Å². The first-order valence-corrected chi connectivity index (χ1v) is 15.1. The second kappa shape index (κ2) is 11.2. The van der Waals surface area contributed by atoms with Gasteiger partial charge in [-0.05, 0) is 44.5 Å². The third kappa shape index (κ3) is 6.81. The molecule has 2 aliphatic heterocycles. The van der Waals surface area contributed by atoms with E-state index in [4.69, 9.17) is 21.1 Å². The number of thioether (sulfide) groups is 1. The molecule has 2 aromatic rings. The zero-order valence-corrected chi connectivity index (χ0v) is 23.9. The van der Waals surface area contributed by atoms with E-state index in [0.29, 0.717) is 21.6 Å². The van der Waals surface area contributed by atoms with E-state index in [9.17, 15) is 18.0 Å². The lowest BCUT2D eigenvalue weighted by molar-refractivity contribution is -0.119. The monoisotopic (exact) mass is 579 g/mol. The number of nitrogens with one attached hydrogen (secondary N) is 1. The second-order valence-electron chi connectivity index (χ2n) is 10.1. The first-order chi connectivity index (χ1) is 17.8. The number of fused-ring (bicyclic) bond motifs is 1. The summed E-state index contributed by atoms with van der Waals surface area (Å²) in [5, 5.41) is 3.06. The zero-order valence-electron chi connectivity index (χ0n) is 21.5. The molecule has 0 saturated carbocycles. The Labute approximate surface area is 231 Å². The molecular formula is C26H30ClN3O6S2. The number of carbonyl (C=O) groups excluding carboxylic acids is 2. The van der Waals surface area contributed by atoms with Gasteiger partial charge in [-0.25, -0.2) is 13.2 Å². The Hall–Kier alpha value is -2.76. The maximum Gasteiger partial charge on any atom is 0.408 e. The second-order valence-corrected chi connectivity index (χ2v) is 13.9. The molecule has 0 radical (unpaired) electrons. The molecule has 2 aromatic carbocycles. The van der Waals surface area contributed by atoms with Gasteiger partial charge in [0.2, 0.25) is 0 Å². The Balaban J connectivity index is 1.67. The van der Waals surface area contributed by atoms with Crippen LogP contribution in [0, 0.1) is 0 Å². The van der Waals surface area contributed by atoms with Gasteiger partial charge < -0.3 is 19.7 Å². The molecular weight excluding hydrogens is 550 g/mol. The van der Waals surface area contributed by atoms with Crippen LogP contribution in [0.5, 0.6) is 5.75 Å². The van der Waals surface area contributed by atoms with Crippen LogP contribution in [0.4, 0.5) is 10.5 Å². The average molecular weight is 580 g/mol. The predicted octanol–water partition coefficient (Wildman–Crippen LogP) is 4.09. The van der Waals surface area contributed by atoms with Crippen molar-refractivity contribution < 1.29 is 27.5 Å². The molecule has 0 spiro atoms. The number of rotatable bonds is 6. The third-order valence-corrected chi connectivity index (χ3v) is 9.46. The first-order valence-electron chi connectivity index (χ1n) is 12.0. The van der Waals surface area contributed by atoms with E-state index in [1.807, 2.05) is 30.3 Å². The number of ether oxygens (including phenoxy) is 2. The molecule has 2 aliphatic rings. The van der Waals surface area contributed by atoms with Crippen molar-refractivity contribution in [2.75, 3.05) is 23.5 Å². The van der Waals surface area contributed by atoms with Crippen molar-refractivity contribution in [3.8, 4) is 5.75 Å². The van der Waals surface area contributed by atoms with Crippen molar-refractivity contribution in [2.24, 2.45) is 4.99 Å². The summed E-state index contributed by atoms with van der Waals surface area (Å²) in [5.74, 6) is -0.184. The summed E-state index contributed by atoms with van der Waals surface area (Å²) in [4.78, 5) is 32.3. The molecule has 2 heterocycles. The van der Waals surface area contributed by atoms with E-state index in [1.165, 1.54) is 18.9 Å². The minimum absolute atomic E-state index is 0.0144. The molecule has 2 amide bonds. The van der Waals surface area contributed by atoms with Crippen LogP contribution in [0.15, 0.2) is 53.5 Å². The molecule has 1 N–H and O–H groups in total. The predicted molar refractivity (Wildman–Crippen MR) is 150 cm³/mol. The van der Waals surface area contributed by atoms with E-state index in [2.05, 4.69) is 10.3 Å². The molecule has 0 unspecified atom stereocenters. The Morgan fingerprint density at radius 2 is 1.89 bits per heavy atom. The molecule has 38 heavy (non-hydrogen) atoms. The molecule has 2 fully saturated rings. The highest BCUT2D eigenvalue weighted by molar-refractivity contribution is 8.16. The van der Waals surface area contributed by atoms with Gasteiger partial charge in [0, 0.05) is 17.4 Å². The van der Waals surface area contributed by atoms with Crippen molar-refractivity contribution in [3.63, 3.8) is 0 Å². The van der Waals surface area contributed by atoms with Gasteiger partial charge in [-0.15, -0.1) is 0 Å². The number of aliphatic imine (C=N–C) groups is 1. The summed E-state index contributed by atoms with van der Waals surface area (Å²) in [7, 11) is -1.74. The highest BCUT2D eigenvalue weighted by atomic mass is 35.5. The lowest BCUT2D eigenvalue weighted by atomic mass is 10.1. The van der Waals surface area contributed by atoms with Crippen LogP contribution in [0.2, 0.25) is 5.02 Å². The largest absolute Gasteiger partial charge is 0.495 e. The number of sulfone groups is 1. The van der Waals surface area contributed by atoms with Crippen LogP contribution >= 0.6 is 23.4 Å². The van der Waals surface area contributed by atoms with E-state index in [0.717, 1.165) is 5.56 Å². The van der Waals surface area contributed by atoms with Gasteiger partial charge in [0.05, 0.1) is 29.7 Å². The van der Waals surface area contributed by atoms with Gasteiger partial charge in [-0.1, -0.05) is 53.7 Å². The standard InChI is InChI=1S/C26H30ClN3O6S2/c1-26(2,3)36-25(32)28-19(12-16-8-6-5-7-9-16)23(31)29-24-30(17-10-11-21(35-4)18(27)13-17)20-14-38(33,34)15-22(20)37-24/h5-11,13,19-20,22H,12,14-15H2,1-4H3,(H,28,32)/t19-,20+,22-/m0/s1. The van der Waals surface area contributed by atoms with Crippen molar-refractivity contribution in [3.05, 3.63) is 59.1 Å². The Kier molecular flexibility index (Phi) is 8.29. The zero-order chi connectivity index (χ0) is 27.7. The molecule has 12 heteroatoms. The van der Waals surface area contributed by atoms with Gasteiger partial charge in [0.15, 0.2) is 15.0 Å². The number of methoxy groups -OCH3 is 1. The Bertz CT molecular complexity index is 1340. The molecule has 0 aromatic heterocycles. The summed E-state index contributed by atoms with van der Waals surface area (Å²) in [6.07, 6.45) is -0.525. The van der Waals surface area contributed by atoms with E-state index < -0.39 is 39.5 Å². The molecule has 204 valence electrons. The number of amidine groups is 1. The van der Waals surface area contributed by atoms with Crippen molar-refractivity contribution in [1.82, 2.24) is 5.32 Å². The number of alkyl carbamates (subject to hydrolysis) is 1. The van der Waals surface area contributed by atoms with Gasteiger partial charge in [0.25, 0.3) is 5.91 Å². The quantitative estimate of drug-likeness (QED) is 0.544. The lowest BCUT2D eigenvalue weighted by Crippen LogP contribution is -2.45. The van der Waals surface area contributed by atoms with Crippen LogP contribution in [-0.4, -0.2) is 67.1 Å². The van der Waals surface area contributed by atoms with Crippen LogP contribution in [0.1, 0.15) is 26.3 Å². The van der Waals surface area contributed by atoms with Crippen LogP contribution in [-0.2, 0) is 25.8 Å². The lowest BCUT2D eigenvalue weighted by Gasteiger charge is -2.26. The van der Waals surface area contributed by atoms with Crippen molar-refractivity contribution in [2.45, 2.75) is 50.1 Å². The highest BCUT2D eigenvalue weighted by Gasteiger charge is 2.49. The Morgan fingerprint density at radius 1 is 1.18 bits per heavy atom. The van der Waals surface area contributed by atoms with Gasteiger partial charge in [-0.2, -0.15) is 4.99 Å². The number of carbonyl (C=O) groups is 2. The summed E-state index contributed by atoms with van der Waals surface area (Å²) >= 11 is 7.61. The van der Waals surface area contributed by atoms with E-state index >= 15 is 0 Å². The Morgan fingerprint density at radius 3 is 2.53 bits per heavy atom. The van der Waals surface area contributed by atoms with Gasteiger partial charge in [-0.3, -0.25) is 4.79 Å². The fourth-order valence-electron chi connectivity index (χ4n) is 4.34. The van der Waals surface area contributed by atoms with Gasteiger partial charge >= 0.3 is 6.09 Å². The summed E-state index contributed by atoms with van der Waals surface area (Å²) < 4.78 is 35.4. The average Bonchev–Trinajstić information content (AvgIpc) is 3.28. The number of amides is 2. The number of anilines is 1. The summed E-state index contributed by atoms with van der Waals surface area (Å²) in [6, 6.07) is 13.0. The topological polar surface area (TPSA) is 114 Å². The number of benzene rings is 2. The maximum atomic E-state index is 13.5.